The van der Waals surface area contributed by atoms with Crippen LogP contribution in [-0.2, 0) is 0 Å². The van der Waals surface area contributed by atoms with Gasteiger partial charge in [-0.15, -0.1) is 0 Å². The van der Waals surface area contributed by atoms with Gasteiger partial charge in [0, 0.05) is 0 Å². The normalized spacial score (nSPS) is 18.0. The van der Waals surface area contributed by atoms with E-state index in [0.29, 0.717) is 0 Å². The van der Waals surface area contributed by atoms with Gasteiger partial charge in [0.2, 0.25) is 0 Å². The topological polar surface area (TPSA) is 0 Å². The molecular formula is C8H18S. The maximum atomic E-state index is 4.25. The van der Waals surface area contributed by atoms with Gasteiger partial charge in [-0.25, -0.2) is 0 Å². The number of hydrogen-bond acceptors (Lipinski definition) is 1. The van der Waals surface area contributed by atoms with Crippen LogP contribution in [0.3, 0.4) is 0 Å². The molecule has 0 bridgehead atoms. The van der Waals surface area contributed by atoms with E-state index in [1.165, 1.54) is 0 Å². The highest BCUT2D eigenvalue weighted by molar-refractivity contribution is 7.80. The highest BCUT2D eigenvalue weighted by atomic mass is 32.1. The monoisotopic (exact) mass is 146 g/mol. The van der Waals surface area contributed by atoms with Crippen LogP contribution in [0.1, 0.15) is 27.7 Å². The summed E-state index contributed by atoms with van der Waals surface area (Å²) in [6.07, 6.45) is 0. The van der Waals surface area contributed by atoms with Gasteiger partial charge in [0.1, 0.15) is 0 Å². The molecule has 0 radical (unpaired) electrons. The van der Waals surface area contributed by atoms with E-state index in [2.05, 4.69) is 40.3 Å². The molecule has 2 atom stereocenters. The van der Waals surface area contributed by atoms with E-state index in [1.807, 2.05) is 0 Å². The Morgan fingerprint density at radius 3 is 1.67 bits per heavy atom. The predicted octanol–water partition coefficient (Wildman–Crippen LogP) is 2.84. The smallest absolute Gasteiger partial charge is 0.00695 e. The Balaban J connectivity index is 3.58. The summed E-state index contributed by atoms with van der Waals surface area (Å²) in [5.41, 5.74) is 0. The first-order valence-corrected chi connectivity index (χ1v) is 4.33. The zero-order chi connectivity index (χ0) is 7.44. The van der Waals surface area contributed by atoms with Crippen molar-refractivity contribution in [2.75, 3.05) is 5.75 Å². The third-order valence-electron chi connectivity index (χ3n) is 2.24. The average Bonchev–Trinajstić information content (AvgIpc) is 1.84. The largest absolute Gasteiger partial charge is 0.179 e. The molecular weight excluding hydrogens is 128 g/mol. The van der Waals surface area contributed by atoms with E-state index in [0.717, 1.165) is 23.5 Å². The fourth-order valence-corrected chi connectivity index (χ4v) is 1.16. The summed E-state index contributed by atoms with van der Waals surface area (Å²) in [6.45, 7) is 9.10. The minimum Gasteiger partial charge on any atom is -0.179 e. The molecule has 1 heteroatoms. The lowest BCUT2D eigenvalue weighted by atomic mass is 9.87. The minimum atomic E-state index is 0.758. The van der Waals surface area contributed by atoms with Gasteiger partial charge in [-0.2, -0.15) is 12.6 Å². The minimum absolute atomic E-state index is 0.758. The molecule has 0 saturated carbocycles. The van der Waals surface area contributed by atoms with Gasteiger partial charge < -0.3 is 0 Å². The molecule has 0 aliphatic rings. The SMILES string of the molecule is CC(C)C(C)C(C)CS. The maximum Gasteiger partial charge on any atom is -0.00695 e. The first-order chi connectivity index (χ1) is 4.09. The van der Waals surface area contributed by atoms with Gasteiger partial charge in [-0.1, -0.05) is 27.7 Å². The predicted molar refractivity (Wildman–Crippen MR) is 47.0 cm³/mol. The van der Waals surface area contributed by atoms with Gasteiger partial charge >= 0.3 is 0 Å². The third-order valence-corrected chi connectivity index (χ3v) is 2.81. The Labute approximate surface area is 64.4 Å². The quantitative estimate of drug-likeness (QED) is 0.582. The first-order valence-electron chi connectivity index (χ1n) is 3.70. The first kappa shape index (κ1) is 9.35. The molecule has 0 aromatic rings. The van der Waals surface area contributed by atoms with Gasteiger partial charge in [0.15, 0.2) is 0 Å². The molecule has 0 spiro atoms. The summed E-state index contributed by atoms with van der Waals surface area (Å²) in [6, 6.07) is 0. The average molecular weight is 146 g/mol. The standard InChI is InChI=1S/C8H18S/c1-6(2)8(4)7(3)5-9/h6-9H,5H2,1-4H3. The van der Waals surface area contributed by atoms with Crippen molar-refractivity contribution in [3.8, 4) is 0 Å². The molecule has 0 nitrogen and oxygen atoms in total. The number of rotatable bonds is 3. The van der Waals surface area contributed by atoms with Gasteiger partial charge in [0.25, 0.3) is 0 Å². The van der Waals surface area contributed by atoms with Crippen molar-refractivity contribution < 1.29 is 0 Å². The highest BCUT2D eigenvalue weighted by Crippen LogP contribution is 2.20. The summed E-state index contributed by atoms with van der Waals surface area (Å²) in [5, 5.41) is 0. The van der Waals surface area contributed by atoms with Crippen molar-refractivity contribution >= 4 is 12.6 Å². The second-order valence-corrected chi connectivity index (χ2v) is 3.63. The van der Waals surface area contributed by atoms with Gasteiger partial charge in [-0.3, -0.25) is 0 Å². The summed E-state index contributed by atoms with van der Waals surface area (Å²) in [7, 11) is 0. The molecule has 0 fully saturated rings. The molecule has 0 aliphatic carbocycles. The van der Waals surface area contributed by atoms with E-state index in [9.17, 15) is 0 Å². The van der Waals surface area contributed by atoms with Crippen LogP contribution >= 0.6 is 12.6 Å². The lowest BCUT2D eigenvalue weighted by Crippen LogP contribution is -2.15. The molecule has 56 valence electrons. The molecule has 0 heterocycles. The Kier molecular flexibility index (Phi) is 4.37. The van der Waals surface area contributed by atoms with Crippen LogP contribution in [0.4, 0.5) is 0 Å². The number of hydrogen-bond donors (Lipinski definition) is 1. The maximum absolute atomic E-state index is 4.25. The van der Waals surface area contributed by atoms with Crippen molar-refractivity contribution in [3.05, 3.63) is 0 Å². The summed E-state index contributed by atoms with van der Waals surface area (Å²) < 4.78 is 0. The summed E-state index contributed by atoms with van der Waals surface area (Å²) >= 11 is 4.25. The Morgan fingerprint density at radius 1 is 1.11 bits per heavy atom. The van der Waals surface area contributed by atoms with Crippen LogP contribution in [0.2, 0.25) is 0 Å². The third kappa shape index (κ3) is 3.14. The lowest BCUT2D eigenvalue weighted by molar-refractivity contribution is 0.321. The van der Waals surface area contributed by atoms with E-state index in [-0.39, 0.29) is 0 Å². The molecule has 0 N–H and O–H groups in total. The molecule has 0 saturated heterocycles. The number of thiol groups is 1. The van der Waals surface area contributed by atoms with E-state index >= 15 is 0 Å². The van der Waals surface area contributed by atoms with Crippen LogP contribution in [-0.4, -0.2) is 5.75 Å². The van der Waals surface area contributed by atoms with Crippen molar-refractivity contribution in [1.82, 2.24) is 0 Å². The van der Waals surface area contributed by atoms with E-state index in [4.69, 9.17) is 0 Å². The van der Waals surface area contributed by atoms with Crippen LogP contribution < -0.4 is 0 Å². The molecule has 2 unspecified atom stereocenters. The zero-order valence-corrected chi connectivity index (χ0v) is 7.78. The van der Waals surface area contributed by atoms with Crippen molar-refractivity contribution in [2.45, 2.75) is 27.7 Å². The fraction of sp³-hybridized carbons (Fsp3) is 1.00. The Bertz CT molecular complexity index is 69.0. The van der Waals surface area contributed by atoms with Crippen LogP contribution in [0.5, 0.6) is 0 Å². The second kappa shape index (κ2) is 4.21. The lowest BCUT2D eigenvalue weighted by Gasteiger charge is -2.21. The zero-order valence-electron chi connectivity index (χ0n) is 6.89. The molecule has 0 aromatic carbocycles. The molecule has 0 amide bonds. The fourth-order valence-electron chi connectivity index (χ4n) is 0.823. The highest BCUT2D eigenvalue weighted by Gasteiger charge is 2.13. The van der Waals surface area contributed by atoms with Crippen LogP contribution in [0, 0.1) is 17.8 Å². The Morgan fingerprint density at radius 2 is 1.56 bits per heavy atom. The van der Waals surface area contributed by atoms with Crippen molar-refractivity contribution in [1.29, 1.82) is 0 Å². The molecule has 0 aliphatic heterocycles. The van der Waals surface area contributed by atoms with Gasteiger partial charge in [0.05, 0.1) is 0 Å². The van der Waals surface area contributed by atoms with Crippen LogP contribution in [0.15, 0.2) is 0 Å². The molecule has 0 rings (SSSR count). The second-order valence-electron chi connectivity index (χ2n) is 3.26. The van der Waals surface area contributed by atoms with Gasteiger partial charge in [-0.05, 0) is 23.5 Å². The summed E-state index contributed by atoms with van der Waals surface area (Å²) in [5.74, 6) is 3.38. The van der Waals surface area contributed by atoms with Crippen LogP contribution in [0.25, 0.3) is 0 Å². The van der Waals surface area contributed by atoms with E-state index in [1.54, 1.807) is 0 Å². The van der Waals surface area contributed by atoms with E-state index < -0.39 is 0 Å². The Hall–Kier alpha value is 0.350. The molecule has 0 aromatic heterocycles. The van der Waals surface area contributed by atoms with Crippen molar-refractivity contribution in [3.63, 3.8) is 0 Å². The molecule has 9 heavy (non-hydrogen) atoms. The van der Waals surface area contributed by atoms with Crippen molar-refractivity contribution in [2.24, 2.45) is 17.8 Å². The summed E-state index contributed by atoms with van der Waals surface area (Å²) in [4.78, 5) is 0.